The molecule has 1 N–H and O–H groups in total. The minimum absolute atomic E-state index is 0.659. The number of nitrogens with one attached hydrogen (secondary N) is 1. The molecule has 80 valence electrons. The average molecular weight is 207 g/mol. The lowest BCUT2D eigenvalue weighted by atomic mass is 10.4. The summed E-state index contributed by atoms with van der Waals surface area (Å²) in [7, 11) is 1.86. The Hall–Kier alpha value is -1.69. The number of nitrogens with zero attached hydrogens (tertiary/aromatic N) is 4. The van der Waals surface area contributed by atoms with Crippen molar-refractivity contribution < 1.29 is 4.52 Å². The summed E-state index contributed by atoms with van der Waals surface area (Å²) >= 11 is 0. The fourth-order valence-corrected chi connectivity index (χ4v) is 1.28. The van der Waals surface area contributed by atoms with Crippen LogP contribution < -0.4 is 5.32 Å². The molecule has 0 aliphatic rings. The topological polar surface area (TPSA) is 68.8 Å². The van der Waals surface area contributed by atoms with Crippen molar-refractivity contribution in [3.05, 3.63) is 29.4 Å². The van der Waals surface area contributed by atoms with Gasteiger partial charge in [-0.2, -0.15) is 0 Å². The molecular weight excluding hydrogens is 194 g/mol. The summed E-state index contributed by atoms with van der Waals surface area (Å²) in [6, 6.07) is 1.91. The van der Waals surface area contributed by atoms with Crippen LogP contribution in [0.15, 0.2) is 16.8 Å². The van der Waals surface area contributed by atoms with Crippen LogP contribution in [0.4, 0.5) is 0 Å². The van der Waals surface area contributed by atoms with E-state index in [0.717, 1.165) is 17.1 Å². The molecule has 0 unspecified atom stereocenters. The molecule has 0 amide bonds. The number of aryl methyl sites for hydroxylation is 2. The zero-order chi connectivity index (χ0) is 10.7. The molecule has 0 aliphatic carbocycles. The molecule has 0 fully saturated rings. The Morgan fingerprint density at radius 2 is 2.33 bits per heavy atom. The fourth-order valence-electron chi connectivity index (χ4n) is 1.28. The van der Waals surface area contributed by atoms with Crippen LogP contribution in [0.5, 0.6) is 0 Å². The summed E-state index contributed by atoms with van der Waals surface area (Å²) in [6.45, 7) is 3.27. The standard InChI is InChI=1S/C9H13N5O/c1-7-3-9(15-12-7)6-10-4-8-5-11-13-14(8)2/h3,5,10H,4,6H2,1-2H3. The minimum Gasteiger partial charge on any atom is -0.360 e. The fraction of sp³-hybridized carbons (Fsp3) is 0.444. The first kappa shape index (κ1) is 9.85. The van der Waals surface area contributed by atoms with Crippen LogP contribution in [0.1, 0.15) is 17.1 Å². The van der Waals surface area contributed by atoms with Crippen molar-refractivity contribution >= 4 is 0 Å². The van der Waals surface area contributed by atoms with E-state index >= 15 is 0 Å². The highest BCUT2D eigenvalue weighted by Crippen LogP contribution is 2.01. The highest BCUT2D eigenvalue weighted by molar-refractivity contribution is 5.03. The average Bonchev–Trinajstić information content (AvgIpc) is 2.77. The molecule has 0 aromatic carbocycles. The van der Waals surface area contributed by atoms with Gasteiger partial charge in [-0.3, -0.25) is 4.68 Å². The maximum atomic E-state index is 5.06. The number of hydrogen-bond acceptors (Lipinski definition) is 5. The number of hydrogen-bond donors (Lipinski definition) is 1. The van der Waals surface area contributed by atoms with Gasteiger partial charge in [-0.15, -0.1) is 5.10 Å². The van der Waals surface area contributed by atoms with Crippen molar-refractivity contribution in [2.75, 3.05) is 0 Å². The molecule has 0 saturated carbocycles. The Bertz CT molecular complexity index is 433. The number of rotatable bonds is 4. The van der Waals surface area contributed by atoms with Crippen LogP contribution in [0, 0.1) is 6.92 Å². The van der Waals surface area contributed by atoms with E-state index in [0.29, 0.717) is 13.1 Å². The van der Waals surface area contributed by atoms with Crippen LogP contribution in [0.25, 0.3) is 0 Å². The molecule has 2 aromatic rings. The summed E-state index contributed by atoms with van der Waals surface area (Å²) in [6.07, 6.45) is 1.73. The summed E-state index contributed by atoms with van der Waals surface area (Å²) in [5.41, 5.74) is 1.93. The largest absolute Gasteiger partial charge is 0.360 e. The van der Waals surface area contributed by atoms with E-state index in [1.165, 1.54) is 0 Å². The first-order chi connectivity index (χ1) is 7.25. The predicted molar refractivity (Wildman–Crippen MR) is 52.8 cm³/mol. The van der Waals surface area contributed by atoms with E-state index in [9.17, 15) is 0 Å². The Balaban J connectivity index is 1.83. The van der Waals surface area contributed by atoms with E-state index in [1.54, 1.807) is 10.9 Å². The van der Waals surface area contributed by atoms with Crippen LogP contribution >= 0.6 is 0 Å². The van der Waals surface area contributed by atoms with Gasteiger partial charge in [-0.25, -0.2) is 0 Å². The second-order valence-corrected chi connectivity index (χ2v) is 3.39. The molecule has 0 radical (unpaired) electrons. The van der Waals surface area contributed by atoms with Gasteiger partial charge in [0, 0.05) is 19.7 Å². The molecule has 0 bridgehead atoms. The third kappa shape index (κ3) is 2.41. The monoisotopic (exact) mass is 207 g/mol. The van der Waals surface area contributed by atoms with Gasteiger partial charge in [0.1, 0.15) is 0 Å². The molecule has 2 heterocycles. The van der Waals surface area contributed by atoms with Gasteiger partial charge in [0.2, 0.25) is 0 Å². The summed E-state index contributed by atoms with van der Waals surface area (Å²) in [5.74, 6) is 0.836. The van der Waals surface area contributed by atoms with Gasteiger partial charge in [0.05, 0.1) is 24.1 Å². The van der Waals surface area contributed by atoms with Crippen LogP contribution in [0.3, 0.4) is 0 Å². The number of aromatic nitrogens is 4. The highest BCUT2D eigenvalue weighted by atomic mass is 16.5. The maximum absolute atomic E-state index is 5.06. The second-order valence-electron chi connectivity index (χ2n) is 3.39. The third-order valence-corrected chi connectivity index (χ3v) is 2.09. The summed E-state index contributed by atoms with van der Waals surface area (Å²) in [5, 5.41) is 14.7. The molecule has 0 spiro atoms. The van der Waals surface area contributed by atoms with Crippen LogP contribution in [-0.2, 0) is 20.1 Å². The molecule has 0 aliphatic heterocycles. The van der Waals surface area contributed by atoms with Crippen molar-refractivity contribution in [3.8, 4) is 0 Å². The van der Waals surface area contributed by atoms with E-state index in [2.05, 4.69) is 20.8 Å². The van der Waals surface area contributed by atoms with Gasteiger partial charge < -0.3 is 9.84 Å². The highest BCUT2D eigenvalue weighted by Gasteiger charge is 2.02. The van der Waals surface area contributed by atoms with Crippen molar-refractivity contribution in [1.82, 2.24) is 25.5 Å². The van der Waals surface area contributed by atoms with E-state index < -0.39 is 0 Å². The zero-order valence-corrected chi connectivity index (χ0v) is 8.77. The van der Waals surface area contributed by atoms with Crippen LogP contribution in [0.2, 0.25) is 0 Å². The smallest absolute Gasteiger partial charge is 0.150 e. The van der Waals surface area contributed by atoms with Gasteiger partial charge in [-0.05, 0) is 6.92 Å². The second kappa shape index (κ2) is 4.22. The SMILES string of the molecule is Cc1cc(CNCc2cnnn2C)on1. The molecule has 6 heteroatoms. The Kier molecular flexibility index (Phi) is 2.77. The van der Waals surface area contributed by atoms with Crippen molar-refractivity contribution in [1.29, 1.82) is 0 Å². The Morgan fingerprint density at radius 3 is 2.93 bits per heavy atom. The summed E-state index contributed by atoms with van der Waals surface area (Å²) in [4.78, 5) is 0. The lowest BCUT2D eigenvalue weighted by molar-refractivity contribution is 0.368. The summed E-state index contributed by atoms with van der Waals surface area (Å²) < 4.78 is 6.80. The van der Waals surface area contributed by atoms with Gasteiger partial charge in [0.15, 0.2) is 5.76 Å². The van der Waals surface area contributed by atoms with Gasteiger partial charge >= 0.3 is 0 Å². The van der Waals surface area contributed by atoms with Crippen LogP contribution in [-0.4, -0.2) is 20.2 Å². The third-order valence-electron chi connectivity index (χ3n) is 2.09. The normalized spacial score (nSPS) is 10.8. The zero-order valence-electron chi connectivity index (χ0n) is 8.77. The maximum Gasteiger partial charge on any atom is 0.150 e. The van der Waals surface area contributed by atoms with Crippen molar-refractivity contribution in [2.24, 2.45) is 7.05 Å². The van der Waals surface area contributed by atoms with Gasteiger partial charge in [-0.1, -0.05) is 10.4 Å². The van der Waals surface area contributed by atoms with Crippen molar-refractivity contribution in [3.63, 3.8) is 0 Å². The molecule has 0 atom stereocenters. The Labute approximate surface area is 87.3 Å². The molecule has 15 heavy (non-hydrogen) atoms. The predicted octanol–water partition coefficient (Wildman–Crippen LogP) is 0.401. The quantitative estimate of drug-likeness (QED) is 0.786. The molecule has 0 saturated heterocycles. The van der Waals surface area contributed by atoms with Crippen molar-refractivity contribution in [2.45, 2.75) is 20.0 Å². The van der Waals surface area contributed by atoms with Gasteiger partial charge in [0.25, 0.3) is 0 Å². The van der Waals surface area contributed by atoms with E-state index in [-0.39, 0.29) is 0 Å². The molecular formula is C9H13N5O. The Morgan fingerprint density at radius 1 is 1.47 bits per heavy atom. The molecule has 2 rings (SSSR count). The minimum atomic E-state index is 0.659. The van der Waals surface area contributed by atoms with E-state index in [4.69, 9.17) is 4.52 Å². The molecule has 6 nitrogen and oxygen atoms in total. The van der Waals surface area contributed by atoms with E-state index in [1.807, 2.05) is 20.0 Å². The first-order valence-corrected chi connectivity index (χ1v) is 4.72. The molecule has 2 aromatic heterocycles. The lowest BCUT2D eigenvalue weighted by Gasteiger charge is -2.01. The first-order valence-electron chi connectivity index (χ1n) is 4.72. The lowest BCUT2D eigenvalue weighted by Crippen LogP contribution is -2.14.